The molecular formula is C6H11N3O2. The molecule has 0 spiro atoms. The Kier molecular flexibility index (Phi) is 2.09. The molecule has 62 valence electrons. The number of likely N-dealkylation sites (tertiary alicyclic amines) is 1. The van der Waals surface area contributed by atoms with Crippen LogP contribution in [0.2, 0.25) is 0 Å². The van der Waals surface area contributed by atoms with E-state index in [2.05, 4.69) is 0 Å². The molecule has 0 saturated carbocycles. The zero-order chi connectivity index (χ0) is 8.43. The minimum Gasteiger partial charge on any atom is -0.361 e. The van der Waals surface area contributed by atoms with Crippen LogP contribution in [-0.2, 0) is 9.59 Å². The van der Waals surface area contributed by atoms with Gasteiger partial charge in [-0.3, -0.25) is 9.59 Å². The number of amides is 2. The van der Waals surface area contributed by atoms with Crippen LogP contribution in [0.5, 0.6) is 0 Å². The quantitative estimate of drug-likeness (QED) is 0.400. The molecule has 0 aliphatic carbocycles. The lowest BCUT2D eigenvalue weighted by Crippen LogP contribution is -2.40. The van der Waals surface area contributed by atoms with Crippen molar-refractivity contribution in [3.8, 4) is 0 Å². The number of hydrogen-bond donors (Lipinski definition) is 2. The first-order chi connectivity index (χ1) is 5.11. The minimum absolute atomic E-state index is 0.00157. The number of rotatable bonds is 0. The molecule has 0 bridgehead atoms. The van der Waals surface area contributed by atoms with E-state index in [1.807, 2.05) is 0 Å². The number of carbonyl (C=O) groups excluding carboxylic acids is 2. The van der Waals surface area contributed by atoms with Crippen molar-refractivity contribution in [1.82, 2.24) is 4.90 Å². The molecule has 0 aromatic carbocycles. The lowest BCUT2D eigenvalue weighted by atomic mass is 10.3. The first-order valence-electron chi connectivity index (χ1n) is 3.45. The van der Waals surface area contributed by atoms with Gasteiger partial charge in [0.15, 0.2) is 0 Å². The zero-order valence-corrected chi connectivity index (χ0v) is 6.12. The van der Waals surface area contributed by atoms with Gasteiger partial charge in [0.25, 0.3) is 0 Å². The van der Waals surface area contributed by atoms with E-state index < -0.39 is 11.8 Å². The lowest BCUT2D eigenvalue weighted by molar-refractivity contribution is -0.143. The van der Waals surface area contributed by atoms with Crippen molar-refractivity contribution in [1.29, 1.82) is 0 Å². The highest BCUT2D eigenvalue weighted by Crippen LogP contribution is 2.05. The molecule has 0 unspecified atom stereocenters. The van der Waals surface area contributed by atoms with Crippen LogP contribution in [0.3, 0.4) is 0 Å². The monoisotopic (exact) mass is 157 g/mol. The summed E-state index contributed by atoms with van der Waals surface area (Å²) in [5, 5.41) is 0. The van der Waals surface area contributed by atoms with Crippen LogP contribution in [0.1, 0.15) is 6.42 Å². The molecule has 1 saturated heterocycles. The van der Waals surface area contributed by atoms with Gasteiger partial charge in [0.05, 0.1) is 0 Å². The van der Waals surface area contributed by atoms with Crippen molar-refractivity contribution in [2.24, 2.45) is 11.5 Å². The van der Waals surface area contributed by atoms with Gasteiger partial charge in [-0.25, -0.2) is 0 Å². The second-order valence-corrected chi connectivity index (χ2v) is 2.66. The van der Waals surface area contributed by atoms with E-state index >= 15 is 0 Å². The van der Waals surface area contributed by atoms with Crippen molar-refractivity contribution < 1.29 is 9.59 Å². The smallest absolute Gasteiger partial charge is 0.311 e. The molecule has 0 aromatic heterocycles. The summed E-state index contributed by atoms with van der Waals surface area (Å²) in [5.74, 6) is -1.53. The Balaban J connectivity index is 2.50. The number of carbonyl (C=O) groups is 2. The van der Waals surface area contributed by atoms with Crippen molar-refractivity contribution in [3.05, 3.63) is 0 Å². The molecule has 2 amide bonds. The van der Waals surface area contributed by atoms with Crippen LogP contribution in [0.25, 0.3) is 0 Å². The average molecular weight is 157 g/mol. The lowest BCUT2D eigenvalue weighted by Gasteiger charge is -2.12. The van der Waals surface area contributed by atoms with E-state index in [0.717, 1.165) is 6.42 Å². The van der Waals surface area contributed by atoms with Gasteiger partial charge in [-0.1, -0.05) is 0 Å². The molecular weight excluding hydrogens is 146 g/mol. The van der Waals surface area contributed by atoms with Gasteiger partial charge < -0.3 is 16.4 Å². The predicted octanol–water partition coefficient (Wildman–Crippen LogP) is -1.97. The average Bonchev–Trinajstić information content (AvgIpc) is 2.34. The molecule has 1 atom stereocenters. The summed E-state index contributed by atoms with van der Waals surface area (Å²) in [6.45, 7) is 0.991. The molecule has 1 aliphatic rings. The summed E-state index contributed by atoms with van der Waals surface area (Å²) in [6.07, 6.45) is 0.749. The normalized spacial score (nSPS) is 23.7. The summed E-state index contributed by atoms with van der Waals surface area (Å²) < 4.78 is 0. The summed E-state index contributed by atoms with van der Waals surface area (Å²) in [7, 11) is 0. The third-order valence-electron chi connectivity index (χ3n) is 1.72. The largest absolute Gasteiger partial charge is 0.361 e. The second kappa shape index (κ2) is 2.87. The van der Waals surface area contributed by atoms with Crippen molar-refractivity contribution in [2.75, 3.05) is 13.1 Å². The molecule has 1 fully saturated rings. The SMILES string of the molecule is NC(=O)C(=O)N1CC[C@H](N)C1. The van der Waals surface area contributed by atoms with E-state index in [1.54, 1.807) is 0 Å². The number of primary amides is 1. The fraction of sp³-hybridized carbons (Fsp3) is 0.667. The summed E-state index contributed by atoms with van der Waals surface area (Å²) in [6, 6.07) is -0.00157. The van der Waals surface area contributed by atoms with Crippen LogP contribution in [0.15, 0.2) is 0 Å². The molecule has 11 heavy (non-hydrogen) atoms. The van der Waals surface area contributed by atoms with Gasteiger partial charge in [0.2, 0.25) is 0 Å². The molecule has 4 N–H and O–H groups in total. The maximum atomic E-state index is 10.9. The molecule has 1 aliphatic heterocycles. The van der Waals surface area contributed by atoms with E-state index in [1.165, 1.54) is 4.90 Å². The Hall–Kier alpha value is -1.10. The molecule has 1 heterocycles. The van der Waals surface area contributed by atoms with Crippen molar-refractivity contribution in [3.63, 3.8) is 0 Å². The third kappa shape index (κ3) is 1.68. The molecule has 5 nitrogen and oxygen atoms in total. The van der Waals surface area contributed by atoms with Crippen LogP contribution in [0.4, 0.5) is 0 Å². The van der Waals surface area contributed by atoms with Gasteiger partial charge in [0, 0.05) is 19.1 Å². The highest BCUT2D eigenvalue weighted by atomic mass is 16.2. The Bertz CT molecular complexity index is 192. The maximum absolute atomic E-state index is 10.9. The Morgan fingerprint density at radius 1 is 1.45 bits per heavy atom. The highest BCUT2D eigenvalue weighted by Gasteiger charge is 2.26. The Labute approximate surface area is 64.3 Å². The van der Waals surface area contributed by atoms with Gasteiger partial charge in [-0.05, 0) is 6.42 Å². The summed E-state index contributed by atoms with van der Waals surface area (Å²) in [5.41, 5.74) is 10.3. The Morgan fingerprint density at radius 3 is 2.45 bits per heavy atom. The number of hydrogen-bond acceptors (Lipinski definition) is 3. The first-order valence-corrected chi connectivity index (χ1v) is 3.45. The van der Waals surface area contributed by atoms with Gasteiger partial charge >= 0.3 is 11.8 Å². The maximum Gasteiger partial charge on any atom is 0.311 e. The van der Waals surface area contributed by atoms with Crippen LogP contribution >= 0.6 is 0 Å². The van der Waals surface area contributed by atoms with Crippen LogP contribution in [-0.4, -0.2) is 35.8 Å². The zero-order valence-electron chi connectivity index (χ0n) is 6.12. The van der Waals surface area contributed by atoms with E-state index in [4.69, 9.17) is 11.5 Å². The Morgan fingerprint density at radius 2 is 2.09 bits per heavy atom. The first kappa shape index (κ1) is 8.00. The van der Waals surface area contributed by atoms with Crippen LogP contribution in [0, 0.1) is 0 Å². The van der Waals surface area contributed by atoms with Gasteiger partial charge in [-0.2, -0.15) is 0 Å². The molecule has 0 radical (unpaired) electrons. The molecule has 5 heteroatoms. The molecule has 0 aromatic rings. The third-order valence-corrected chi connectivity index (χ3v) is 1.72. The van der Waals surface area contributed by atoms with E-state index in [9.17, 15) is 9.59 Å². The number of nitrogens with two attached hydrogens (primary N) is 2. The summed E-state index contributed by atoms with van der Waals surface area (Å²) >= 11 is 0. The highest BCUT2D eigenvalue weighted by molar-refractivity contribution is 6.34. The van der Waals surface area contributed by atoms with E-state index in [-0.39, 0.29) is 6.04 Å². The van der Waals surface area contributed by atoms with Crippen LogP contribution < -0.4 is 11.5 Å². The van der Waals surface area contributed by atoms with Gasteiger partial charge in [-0.15, -0.1) is 0 Å². The molecule has 1 rings (SSSR count). The number of nitrogens with zero attached hydrogens (tertiary/aromatic N) is 1. The van der Waals surface area contributed by atoms with Crippen molar-refractivity contribution in [2.45, 2.75) is 12.5 Å². The van der Waals surface area contributed by atoms with Gasteiger partial charge in [0.1, 0.15) is 0 Å². The minimum atomic E-state index is -0.904. The summed E-state index contributed by atoms with van der Waals surface area (Å²) in [4.78, 5) is 22.7. The predicted molar refractivity (Wildman–Crippen MR) is 38.4 cm³/mol. The second-order valence-electron chi connectivity index (χ2n) is 2.66. The topological polar surface area (TPSA) is 89.4 Å². The fourth-order valence-electron chi connectivity index (χ4n) is 1.13. The fourth-order valence-corrected chi connectivity index (χ4v) is 1.13. The standard InChI is InChI=1S/C6H11N3O2/c7-4-1-2-9(3-4)6(11)5(8)10/h4H,1-3,7H2,(H2,8,10)/t4-/m0/s1. The van der Waals surface area contributed by atoms with Crippen molar-refractivity contribution >= 4 is 11.8 Å². The van der Waals surface area contributed by atoms with E-state index in [0.29, 0.717) is 13.1 Å².